The number of methoxy groups -OCH3 is 1. The first-order valence-electron chi connectivity index (χ1n) is 8.65. The molecule has 12 heteroatoms. The second kappa shape index (κ2) is 9.30. The first-order valence-corrected chi connectivity index (χ1v) is 9.46. The summed E-state index contributed by atoms with van der Waals surface area (Å²) >= 11 is 1.07. The molecule has 0 aliphatic carbocycles. The van der Waals surface area contributed by atoms with E-state index in [-0.39, 0.29) is 16.6 Å². The summed E-state index contributed by atoms with van der Waals surface area (Å²) in [5, 5.41) is 10.9. The van der Waals surface area contributed by atoms with E-state index in [2.05, 4.69) is 20.5 Å². The number of ether oxygens (including phenoxy) is 2. The number of nitrogens with zero attached hydrogens (tertiary/aromatic N) is 4. The number of rotatable bonds is 6. The summed E-state index contributed by atoms with van der Waals surface area (Å²) in [6, 6.07) is 1.47. The summed E-state index contributed by atoms with van der Waals surface area (Å²) < 4.78 is 15.6. The molecule has 1 amide bonds. The summed E-state index contributed by atoms with van der Waals surface area (Å²) in [4.78, 5) is 31.0. The highest BCUT2D eigenvalue weighted by molar-refractivity contribution is 7.18. The van der Waals surface area contributed by atoms with Gasteiger partial charge in [-0.2, -0.15) is 0 Å². The molecular weight excluding hydrogens is 400 g/mol. The van der Waals surface area contributed by atoms with Crippen molar-refractivity contribution in [1.29, 1.82) is 0 Å². The molecule has 1 aliphatic rings. The molecule has 2 aromatic heterocycles. The average molecular weight is 420 g/mol. The molecule has 1 fully saturated rings. The van der Waals surface area contributed by atoms with E-state index >= 15 is 0 Å². The standard InChI is InChI=1S/C17H20N6O5S/c1-10(3-4-18)19-16-21-22-17(29-16)20-14(24)12-9-11(13(26-2)15(25)28-12)23-5-7-27-8-6-23/h3-4,9H,5-8,18H2,1-2H3,(H,20,22,24)/b4-3-,19-10+. The van der Waals surface area contributed by atoms with Gasteiger partial charge in [0.1, 0.15) is 0 Å². The molecule has 0 atom stereocenters. The third kappa shape index (κ3) is 4.97. The molecule has 11 nitrogen and oxygen atoms in total. The van der Waals surface area contributed by atoms with Crippen molar-refractivity contribution >= 4 is 38.9 Å². The molecule has 3 N–H and O–H groups in total. The number of hydrogen-bond acceptors (Lipinski definition) is 11. The second-order valence-corrected chi connectivity index (χ2v) is 6.83. The topological polar surface area (TPSA) is 145 Å². The van der Waals surface area contributed by atoms with Gasteiger partial charge in [-0.15, -0.1) is 10.2 Å². The van der Waals surface area contributed by atoms with Crippen LogP contribution in [0, 0.1) is 0 Å². The van der Waals surface area contributed by atoms with Crippen LogP contribution in [0.4, 0.5) is 16.0 Å². The molecule has 0 bridgehead atoms. The third-order valence-electron chi connectivity index (χ3n) is 3.91. The fraction of sp³-hybridized carbons (Fsp3) is 0.353. The molecule has 29 heavy (non-hydrogen) atoms. The molecule has 0 unspecified atom stereocenters. The van der Waals surface area contributed by atoms with Crippen molar-refractivity contribution < 1.29 is 18.7 Å². The number of amides is 1. The van der Waals surface area contributed by atoms with Crippen LogP contribution in [0.1, 0.15) is 17.5 Å². The van der Waals surface area contributed by atoms with E-state index in [1.165, 1.54) is 19.4 Å². The predicted molar refractivity (Wildman–Crippen MR) is 109 cm³/mol. The lowest BCUT2D eigenvalue weighted by Crippen LogP contribution is -2.37. The number of aromatic nitrogens is 2. The van der Waals surface area contributed by atoms with Crippen LogP contribution in [-0.2, 0) is 4.74 Å². The van der Waals surface area contributed by atoms with Gasteiger partial charge in [-0.3, -0.25) is 10.1 Å². The Morgan fingerprint density at radius 2 is 2.17 bits per heavy atom. The molecule has 3 heterocycles. The lowest BCUT2D eigenvalue weighted by Gasteiger charge is -2.29. The number of carbonyl (C=O) groups is 1. The van der Waals surface area contributed by atoms with E-state index in [0.717, 1.165) is 11.3 Å². The minimum absolute atomic E-state index is 0.0411. The van der Waals surface area contributed by atoms with Gasteiger partial charge in [-0.05, 0) is 19.2 Å². The van der Waals surface area contributed by atoms with Crippen molar-refractivity contribution in [3.8, 4) is 5.75 Å². The zero-order valence-corrected chi connectivity index (χ0v) is 16.7. The van der Waals surface area contributed by atoms with Gasteiger partial charge in [-0.1, -0.05) is 11.3 Å². The Hall–Kier alpha value is -3.25. The molecule has 154 valence electrons. The van der Waals surface area contributed by atoms with E-state index in [4.69, 9.17) is 19.6 Å². The van der Waals surface area contributed by atoms with Gasteiger partial charge in [0.2, 0.25) is 16.0 Å². The second-order valence-electron chi connectivity index (χ2n) is 5.87. The lowest BCUT2D eigenvalue weighted by molar-refractivity contribution is 0.0991. The van der Waals surface area contributed by atoms with Gasteiger partial charge < -0.3 is 24.5 Å². The Morgan fingerprint density at radius 1 is 1.41 bits per heavy atom. The highest BCUT2D eigenvalue weighted by Crippen LogP contribution is 2.28. The molecule has 2 aromatic rings. The summed E-state index contributed by atoms with van der Waals surface area (Å²) in [6.45, 7) is 3.90. The van der Waals surface area contributed by atoms with Crippen molar-refractivity contribution in [2.24, 2.45) is 10.7 Å². The van der Waals surface area contributed by atoms with Crippen molar-refractivity contribution in [1.82, 2.24) is 10.2 Å². The van der Waals surface area contributed by atoms with Crippen LogP contribution in [-0.4, -0.2) is 55.2 Å². The van der Waals surface area contributed by atoms with E-state index in [0.29, 0.717) is 42.8 Å². The van der Waals surface area contributed by atoms with Gasteiger partial charge in [0.05, 0.1) is 26.0 Å². The van der Waals surface area contributed by atoms with Crippen LogP contribution in [0.2, 0.25) is 0 Å². The highest BCUT2D eigenvalue weighted by atomic mass is 32.1. The predicted octanol–water partition coefficient (Wildman–Crippen LogP) is 1.15. The van der Waals surface area contributed by atoms with Crippen molar-refractivity contribution in [2.75, 3.05) is 43.6 Å². The number of morpholine rings is 1. The summed E-state index contributed by atoms with van der Waals surface area (Å²) in [6.07, 6.45) is 2.97. The number of hydrogen-bond donors (Lipinski definition) is 2. The molecule has 0 saturated carbocycles. The number of carbonyl (C=O) groups excluding carboxylic acids is 1. The monoisotopic (exact) mass is 420 g/mol. The number of nitrogens with one attached hydrogen (secondary N) is 1. The van der Waals surface area contributed by atoms with Crippen molar-refractivity contribution in [3.63, 3.8) is 0 Å². The van der Waals surface area contributed by atoms with E-state index < -0.39 is 11.5 Å². The van der Waals surface area contributed by atoms with E-state index in [9.17, 15) is 9.59 Å². The molecule has 0 spiro atoms. The number of anilines is 2. The van der Waals surface area contributed by atoms with Crippen LogP contribution in [0.15, 0.2) is 32.5 Å². The quantitative estimate of drug-likeness (QED) is 0.657. The van der Waals surface area contributed by atoms with Crippen LogP contribution in [0.5, 0.6) is 5.75 Å². The lowest BCUT2D eigenvalue weighted by atomic mass is 10.2. The molecule has 1 saturated heterocycles. The molecule has 0 radical (unpaired) electrons. The maximum Gasteiger partial charge on any atom is 0.381 e. The van der Waals surface area contributed by atoms with Gasteiger partial charge >= 0.3 is 5.63 Å². The first kappa shape index (κ1) is 20.5. The van der Waals surface area contributed by atoms with Gasteiger partial charge in [0.15, 0.2) is 5.76 Å². The molecular formula is C17H20N6O5S. The normalized spacial score (nSPS) is 15.0. The summed E-state index contributed by atoms with van der Waals surface area (Å²) in [7, 11) is 1.38. The van der Waals surface area contributed by atoms with Gasteiger partial charge in [0, 0.05) is 24.9 Å². The Bertz CT molecular complexity index is 992. The van der Waals surface area contributed by atoms with Gasteiger partial charge in [-0.25, -0.2) is 9.79 Å². The third-order valence-corrected chi connectivity index (χ3v) is 4.64. The minimum Gasteiger partial charge on any atom is -0.488 e. The molecule has 1 aliphatic heterocycles. The zero-order valence-electron chi connectivity index (χ0n) is 15.9. The fourth-order valence-corrected chi connectivity index (χ4v) is 3.28. The van der Waals surface area contributed by atoms with E-state index in [1.807, 2.05) is 4.90 Å². The zero-order chi connectivity index (χ0) is 20.8. The number of allylic oxidation sites excluding steroid dienone is 1. The highest BCUT2D eigenvalue weighted by Gasteiger charge is 2.23. The maximum absolute atomic E-state index is 12.6. The summed E-state index contributed by atoms with van der Waals surface area (Å²) in [5.74, 6) is -0.760. The van der Waals surface area contributed by atoms with Crippen molar-refractivity contribution in [2.45, 2.75) is 6.92 Å². The maximum atomic E-state index is 12.6. The number of aliphatic imine (C=N–C) groups is 1. The van der Waals surface area contributed by atoms with Crippen LogP contribution in [0.3, 0.4) is 0 Å². The van der Waals surface area contributed by atoms with Crippen LogP contribution < -0.4 is 26.3 Å². The van der Waals surface area contributed by atoms with Crippen LogP contribution in [0.25, 0.3) is 0 Å². The Morgan fingerprint density at radius 3 is 2.86 bits per heavy atom. The van der Waals surface area contributed by atoms with Gasteiger partial charge in [0.25, 0.3) is 5.91 Å². The SMILES string of the molecule is COc1c(N2CCOCC2)cc(C(=O)Nc2nnc(/N=C(C)/C=C\N)s2)oc1=O. The Kier molecular flexibility index (Phi) is 6.57. The Labute approximate surface area is 169 Å². The van der Waals surface area contributed by atoms with Crippen molar-refractivity contribution in [3.05, 3.63) is 34.5 Å². The first-order chi connectivity index (χ1) is 14.0. The largest absolute Gasteiger partial charge is 0.488 e. The molecule has 0 aromatic carbocycles. The smallest absolute Gasteiger partial charge is 0.381 e. The van der Waals surface area contributed by atoms with Crippen LogP contribution >= 0.6 is 11.3 Å². The fourth-order valence-electron chi connectivity index (χ4n) is 2.61. The molecule has 3 rings (SSSR count). The Balaban J connectivity index is 1.82. The average Bonchev–Trinajstić information content (AvgIpc) is 3.14. The minimum atomic E-state index is -0.742. The van der Waals surface area contributed by atoms with E-state index in [1.54, 1.807) is 13.0 Å². The summed E-state index contributed by atoms with van der Waals surface area (Å²) in [5.41, 5.74) is 5.68. The number of nitrogens with two attached hydrogens (primary N) is 1.